The van der Waals surface area contributed by atoms with Gasteiger partial charge in [-0.15, -0.1) is 0 Å². The Balaban J connectivity index is 2.16. The summed E-state index contributed by atoms with van der Waals surface area (Å²) >= 11 is 3.47. The number of hydrogen-bond donors (Lipinski definition) is 1. The molecule has 2 rings (SSSR count). The highest BCUT2D eigenvalue weighted by Crippen LogP contribution is 2.30. The van der Waals surface area contributed by atoms with Crippen molar-refractivity contribution in [2.75, 3.05) is 7.11 Å². The highest BCUT2D eigenvalue weighted by Gasteiger charge is 2.25. The van der Waals surface area contributed by atoms with Gasteiger partial charge in [0.1, 0.15) is 5.75 Å². The first-order valence-electron chi connectivity index (χ1n) is 5.85. The van der Waals surface area contributed by atoms with E-state index in [0.717, 1.165) is 35.0 Å². The fourth-order valence-electron chi connectivity index (χ4n) is 2.23. The molecule has 1 aromatic carbocycles. The van der Waals surface area contributed by atoms with Crippen molar-refractivity contribution in [3.8, 4) is 5.75 Å². The summed E-state index contributed by atoms with van der Waals surface area (Å²) in [5, 5.41) is 10.4. The van der Waals surface area contributed by atoms with Gasteiger partial charge < -0.3 is 9.84 Å². The third-order valence-corrected chi connectivity index (χ3v) is 3.75. The molecule has 3 heteroatoms. The quantitative estimate of drug-likeness (QED) is 0.866. The van der Waals surface area contributed by atoms with Crippen LogP contribution in [-0.4, -0.2) is 17.8 Å². The van der Waals surface area contributed by atoms with Crippen LogP contribution < -0.4 is 4.74 Å². The molecule has 0 radical (unpaired) electrons. The number of methoxy groups -OCH3 is 1. The zero-order valence-electron chi connectivity index (χ0n) is 9.95. The van der Waals surface area contributed by atoms with E-state index in [0.29, 0.717) is 6.42 Å². The molecule has 0 aliphatic heterocycles. The van der Waals surface area contributed by atoms with Crippen LogP contribution in [0.15, 0.2) is 34.8 Å². The molecule has 0 amide bonds. The minimum Gasteiger partial charge on any atom is -0.496 e. The smallest absolute Gasteiger partial charge is 0.133 e. The van der Waals surface area contributed by atoms with E-state index in [1.807, 2.05) is 24.3 Å². The van der Waals surface area contributed by atoms with Crippen molar-refractivity contribution in [2.24, 2.45) is 0 Å². The van der Waals surface area contributed by atoms with Crippen molar-refractivity contribution in [2.45, 2.75) is 31.3 Å². The Morgan fingerprint density at radius 1 is 1.47 bits per heavy atom. The van der Waals surface area contributed by atoms with E-state index in [1.54, 1.807) is 7.11 Å². The van der Waals surface area contributed by atoms with Crippen LogP contribution in [0.3, 0.4) is 0 Å². The first-order valence-corrected chi connectivity index (χ1v) is 6.65. The van der Waals surface area contributed by atoms with Crippen molar-refractivity contribution in [1.82, 2.24) is 0 Å². The van der Waals surface area contributed by atoms with Crippen LogP contribution in [0, 0.1) is 0 Å². The molecule has 17 heavy (non-hydrogen) atoms. The molecule has 0 aromatic heterocycles. The second-order valence-corrected chi connectivity index (χ2v) is 5.40. The van der Waals surface area contributed by atoms with Crippen LogP contribution in [0.1, 0.15) is 24.8 Å². The van der Waals surface area contributed by atoms with E-state index < -0.39 is 5.60 Å². The third kappa shape index (κ3) is 3.11. The Morgan fingerprint density at radius 3 is 2.88 bits per heavy atom. The second kappa shape index (κ2) is 5.23. The zero-order valence-corrected chi connectivity index (χ0v) is 11.5. The summed E-state index contributed by atoms with van der Waals surface area (Å²) in [6.45, 7) is 0. The fraction of sp³-hybridized carbons (Fsp3) is 0.429. The lowest BCUT2D eigenvalue weighted by atomic mass is 9.85. The standard InChI is InChI=1S/C14H17BrO2/c1-17-13-6-5-11(9-12(13)15)10-14(16)7-3-2-4-8-14/h3,5-7,9,16H,2,4,8,10H2,1H3. The normalized spacial score (nSPS) is 23.7. The predicted molar refractivity (Wildman–Crippen MR) is 72.3 cm³/mol. The first kappa shape index (κ1) is 12.7. The molecular weight excluding hydrogens is 280 g/mol. The Morgan fingerprint density at radius 2 is 2.29 bits per heavy atom. The lowest BCUT2D eigenvalue weighted by Crippen LogP contribution is -2.30. The average molecular weight is 297 g/mol. The second-order valence-electron chi connectivity index (χ2n) is 4.54. The average Bonchev–Trinajstić information content (AvgIpc) is 2.29. The van der Waals surface area contributed by atoms with E-state index in [4.69, 9.17) is 4.74 Å². The van der Waals surface area contributed by atoms with Crippen LogP contribution in [0.4, 0.5) is 0 Å². The van der Waals surface area contributed by atoms with Crippen LogP contribution in [0.25, 0.3) is 0 Å². The van der Waals surface area contributed by atoms with Crippen molar-refractivity contribution in [1.29, 1.82) is 0 Å². The number of ether oxygens (including phenoxy) is 1. The van der Waals surface area contributed by atoms with Crippen LogP contribution >= 0.6 is 15.9 Å². The summed E-state index contributed by atoms with van der Waals surface area (Å²) in [7, 11) is 1.65. The molecule has 0 bridgehead atoms. The molecule has 0 fully saturated rings. The molecule has 0 heterocycles. The van der Waals surface area contributed by atoms with Gasteiger partial charge >= 0.3 is 0 Å². The van der Waals surface area contributed by atoms with Crippen LogP contribution in [0.2, 0.25) is 0 Å². The van der Waals surface area contributed by atoms with Gasteiger partial charge in [-0.2, -0.15) is 0 Å². The van der Waals surface area contributed by atoms with Gasteiger partial charge in [0.2, 0.25) is 0 Å². The molecule has 2 nitrogen and oxygen atoms in total. The van der Waals surface area contributed by atoms with Gasteiger partial charge in [-0.1, -0.05) is 18.2 Å². The maximum absolute atomic E-state index is 10.4. The monoisotopic (exact) mass is 296 g/mol. The van der Waals surface area contributed by atoms with Gasteiger partial charge in [0.15, 0.2) is 0 Å². The van der Waals surface area contributed by atoms with Crippen LogP contribution in [-0.2, 0) is 6.42 Å². The fourth-order valence-corrected chi connectivity index (χ4v) is 2.82. The molecular formula is C14H17BrO2. The van der Waals surface area contributed by atoms with Gasteiger partial charge in [0, 0.05) is 6.42 Å². The summed E-state index contributed by atoms with van der Waals surface area (Å²) < 4.78 is 6.12. The van der Waals surface area contributed by atoms with Gasteiger partial charge in [-0.3, -0.25) is 0 Å². The molecule has 1 aliphatic carbocycles. The summed E-state index contributed by atoms with van der Waals surface area (Å²) in [4.78, 5) is 0. The van der Waals surface area contributed by atoms with E-state index in [1.165, 1.54) is 0 Å². The van der Waals surface area contributed by atoms with Gasteiger partial charge in [-0.25, -0.2) is 0 Å². The van der Waals surface area contributed by atoms with E-state index in [2.05, 4.69) is 22.0 Å². The van der Waals surface area contributed by atoms with E-state index in [9.17, 15) is 5.11 Å². The van der Waals surface area contributed by atoms with E-state index >= 15 is 0 Å². The Labute approximate surface area is 110 Å². The number of allylic oxidation sites excluding steroid dienone is 1. The Kier molecular flexibility index (Phi) is 3.89. The Hall–Kier alpha value is -0.800. The summed E-state index contributed by atoms with van der Waals surface area (Å²) in [6.07, 6.45) is 7.65. The number of rotatable bonds is 3. The zero-order chi connectivity index (χ0) is 12.3. The number of aliphatic hydroxyl groups is 1. The minimum absolute atomic E-state index is 0.659. The lowest BCUT2D eigenvalue weighted by molar-refractivity contribution is 0.0751. The van der Waals surface area contributed by atoms with Gasteiger partial charge in [0.25, 0.3) is 0 Å². The highest BCUT2D eigenvalue weighted by molar-refractivity contribution is 9.10. The highest BCUT2D eigenvalue weighted by atomic mass is 79.9. The largest absolute Gasteiger partial charge is 0.496 e. The SMILES string of the molecule is COc1ccc(CC2(O)C=CCCC2)cc1Br. The molecule has 0 saturated heterocycles. The van der Waals surface area contributed by atoms with E-state index in [-0.39, 0.29) is 0 Å². The molecule has 1 aromatic rings. The van der Waals surface area contributed by atoms with Crippen molar-refractivity contribution >= 4 is 15.9 Å². The Bertz CT molecular complexity index is 428. The van der Waals surface area contributed by atoms with Crippen LogP contribution in [0.5, 0.6) is 5.75 Å². The first-order chi connectivity index (χ1) is 8.13. The topological polar surface area (TPSA) is 29.5 Å². The summed E-state index contributed by atoms with van der Waals surface area (Å²) in [6, 6.07) is 5.94. The predicted octanol–water partition coefficient (Wildman–Crippen LogP) is 3.47. The molecule has 1 N–H and O–H groups in total. The number of benzene rings is 1. The summed E-state index contributed by atoms with van der Waals surface area (Å²) in [5.41, 5.74) is 0.443. The number of hydrogen-bond acceptors (Lipinski definition) is 2. The molecule has 0 saturated carbocycles. The number of halogens is 1. The molecule has 92 valence electrons. The van der Waals surface area contributed by atoms with Crippen molar-refractivity contribution < 1.29 is 9.84 Å². The van der Waals surface area contributed by atoms with Crippen molar-refractivity contribution in [3.63, 3.8) is 0 Å². The molecule has 1 aliphatic rings. The maximum atomic E-state index is 10.4. The van der Waals surface area contributed by atoms with Crippen molar-refractivity contribution in [3.05, 3.63) is 40.4 Å². The molecule has 1 atom stereocenters. The molecule has 1 unspecified atom stereocenters. The van der Waals surface area contributed by atoms with Gasteiger partial charge in [0.05, 0.1) is 17.2 Å². The lowest BCUT2D eigenvalue weighted by Gasteiger charge is -2.27. The summed E-state index contributed by atoms with van der Waals surface area (Å²) in [5.74, 6) is 0.819. The minimum atomic E-state index is -0.674. The third-order valence-electron chi connectivity index (χ3n) is 3.14. The molecule has 0 spiro atoms. The van der Waals surface area contributed by atoms with Gasteiger partial charge in [-0.05, 0) is 52.9 Å². The maximum Gasteiger partial charge on any atom is 0.133 e.